The van der Waals surface area contributed by atoms with Crippen molar-refractivity contribution in [3.8, 4) is 0 Å². The largest absolute Gasteiger partial charge is 0.389 e. The Morgan fingerprint density at radius 3 is 2.94 bits per heavy atom. The minimum Gasteiger partial charge on any atom is -0.389 e. The van der Waals surface area contributed by atoms with Gasteiger partial charge in [0.05, 0.1) is 18.5 Å². The van der Waals surface area contributed by atoms with E-state index in [-0.39, 0.29) is 12.1 Å². The molecular weight excluding hydrogens is 228 g/mol. The van der Waals surface area contributed by atoms with Crippen molar-refractivity contribution in [2.75, 3.05) is 0 Å². The Morgan fingerprint density at radius 2 is 2.19 bits per heavy atom. The minimum absolute atomic E-state index is 0.0889. The summed E-state index contributed by atoms with van der Waals surface area (Å²) in [5, 5.41) is 9.80. The lowest BCUT2D eigenvalue weighted by molar-refractivity contribution is 0.211. The highest BCUT2D eigenvalue weighted by molar-refractivity contribution is 6.33. The molecule has 82 valence electrons. The molecule has 1 N–H and O–H groups in total. The highest BCUT2D eigenvalue weighted by Crippen LogP contribution is 2.27. The van der Waals surface area contributed by atoms with Crippen molar-refractivity contribution < 1.29 is 5.11 Å². The molecule has 2 atom stereocenters. The number of aliphatic hydroxyl groups excluding tert-OH is 1. The van der Waals surface area contributed by atoms with Crippen molar-refractivity contribution in [3.05, 3.63) is 30.0 Å². The maximum absolute atomic E-state index is 9.45. The van der Waals surface area contributed by atoms with Gasteiger partial charge in [-0.2, -0.15) is 0 Å². The monoisotopic (exact) mass is 236 g/mol. The average Bonchev–Trinajstić information content (AvgIpc) is 2.84. The van der Waals surface area contributed by atoms with E-state index in [1.54, 1.807) is 12.4 Å². The van der Waals surface area contributed by atoms with E-state index in [0.717, 1.165) is 0 Å². The van der Waals surface area contributed by atoms with E-state index < -0.39 is 0 Å². The molecule has 0 aromatic carbocycles. The number of imidazole rings is 1. The van der Waals surface area contributed by atoms with Crippen LogP contribution in [0.5, 0.6) is 0 Å². The predicted octanol–water partition coefficient (Wildman–Crippen LogP) is 1.34. The van der Waals surface area contributed by atoms with Gasteiger partial charge >= 0.3 is 0 Å². The second kappa shape index (κ2) is 3.54. The highest BCUT2D eigenvalue weighted by Gasteiger charge is 2.21. The van der Waals surface area contributed by atoms with Crippen LogP contribution < -0.4 is 0 Å². The van der Waals surface area contributed by atoms with E-state index in [4.69, 9.17) is 11.6 Å². The van der Waals surface area contributed by atoms with Gasteiger partial charge in [0, 0.05) is 6.42 Å². The topological polar surface area (TPSA) is 63.8 Å². The molecular formula is C10H9ClN4O. The van der Waals surface area contributed by atoms with E-state index in [2.05, 4.69) is 15.0 Å². The normalized spacial score (nSPS) is 24.4. The molecule has 2 heterocycles. The van der Waals surface area contributed by atoms with Gasteiger partial charge in [-0.1, -0.05) is 23.8 Å². The van der Waals surface area contributed by atoms with Crippen molar-refractivity contribution in [2.24, 2.45) is 0 Å². The van der Waals surface area contributed by atoms with Crippen LogP contribution >= 0.6 is 11.6 Å². The summed E-state index contributed by atoms with van der Waals surface area (Å²) in [6.45, 7) is 0. The van der Waals surface area contributed by atoms with Gasteiger partial charge in [0.1, 0.15) is 11.8 Å². The Hall–Kier alpha value is -1.46. The van der Waals surface area contributed by atoms with Gasteiger partial charge in [-0.05, 0) is 0 Å². The molecule has 0 saturated heterocycles. The van der Waals surface area contributed by atoms with Crippen LogP contribution in [-0.2, 0) is 0 Å². The van der Waals surface area contributed by atoms with Crippen LogP contribution in [0.3, 0.4) is 0 Å². The molecule has 0 unspecified atom stereocenters. The van der Waals surface area contributed by atoms with Crippen LogP contribution in [0.2, 0.25) is 5.15 Å². The summed E-state index contributed by atoms with van der Waals surface area (Å²) < 4.78 is 1.90. The summed E-state index contributed by atoms with van der Waals surface area (Å²) >= 11 is 5.91. The van der Waals surface area contributed by atoms with Gasteiger partial charge in [0.15, 0.2) is 10.8 Å². The molecule has 0 fully saturated rings. The standard InChI is InChI=1S/C10H9ClN4O/c11-9-8-10(13-4-12-9)15(5-14-8)6-1-2-7(16)3-6/h1-2,4-7,16H,3H2/t6-,7-/m0/s1. The van der Waals surface area contributed by atoms with Crippen molar-refractivity contribution >= 4 is 22.8 Å². The highest BCUT2D eigenvalue weighted by atomic mass is 35.5. The Balaban J connectivity index is 2.12. The smallest absolute Gasteiger partial charge is 0.165 e. The van der Waals surface area contributed by atoms with E-state index >= 15 is 0 Å². The third kappa shape index (κ3) is 1.40. The number of aromatic nitrogens is 4. The molecule has 0 bridgehead atoms. The predicted molar refractivity (Wildman–Crippen MR) is 59.1 cm³/mol. The number of hydrogen-bond donors (Lipinski definition) is 1. The molecule has 0 amide bonds. The number of rotatable bonds is 1. The quantitative estimate of drug-likeness (QED) is 0.600. The third-order valence-corrected chi connectivity index (χ3v) is 2.99. The maximum atomic E-state index is 9.45. The molecule has 0 aliphatic heterocycles. The Morgan fingerprint density at radius 1 is 1.31 bits per heavy atom. The van der Waals surface area contributed by atoms with Crippen molar-refractivity contribution in [1.29, 1.82) is 0 Å². The molecule has 0 spiro atoms. The van der Waals surface area contributed by atoms with E-state index in [1.165, 1.54) is 6.33 Å². The second-order valence-corrected chi connectivity index (χ2v) is 4.10. The van der Waals surface area contributed by atoms with Gasteiger partial charge < -0.3 is 9.67 Å². The molecule has 6 heteroatoms. The van der Waals surface area contributed by atoms with E-state index in [0.29, 0.717) is 22.7 Å². The molecule has 2 aromatic heterocycles. The first-order chi connectivity index (χ1) is 7.75. The summed E-state index contributed by atoms with van der Waals surface area (Å²) in [5.74, 6) is 0. The van der Waals surface area contributed by atoms with Crippen LogP contribution in [0.4, 0.5) is 0 Å². The third-order valence-electron chi connectivity index (χ3n) is 2.71. The first kappa shape index (κ1) is 9.74. The fourth-order valence-corrected chi connectivity index (χ4v) is 2.11. The minimum atomic E-state index is -0.389. The fourth-order valence-electron chi connectivity index (χ4n) is 1.93. The zero-order valence-corrected chi connectivity index (χ0v) is 9.04. The lowest BCUT2D eigenvalue weighted by Gasteiger charge is -2.10. The van der Waals surface area contributed by atoms with Crippen LogP contribution in [0.25, 0.3) is 11.2 Å². The first-order valence-corrected chi connectivity index (χ1v) is 5.33. The number of nitrogens with zero attached hydrogens (tertiary/aromatic N) is 4. The van der Waals surface area contributed by atoms with Crippen molar-refractivity contribution in [3.63, 3.8) is 0 Å². The molecule has 2 aromatic rings. The molecule has 1 aliphatic rings. The zero-order chi connectivity index (χ0) is 11.1. The van der Waals surface area contributed by atoms with Gasteiger partial charge in [-0.15, -0.1) is 0 Å². The lowest BCUT2D eigenvalue weighted by Crippen LogP contribution is -2.07. The Bertz CT molecular complexity index is 565. The summed E-state index contributed by atoms with van der Waals surface area (Å²) in [6, 6.07) is 0.0889. The fraction of sp³-hybridized carbons (Fsp3) is 0.300. The van der Waals surface area contributed by atoms with Gasteiger partial charge in [0.2, 0.25) is 0 Å². The number of fused-ring (bicyclic) bond motifs is 1. The average molecular weight is 237 g/mol. The van der Waals surface area contributed by atoms with Crippen molar-refractivity contribution in [2.45, 2.75) is 18.6 Å². The molecule has 0 saturated carbocycles. The number of aliphatic hydroxyl groups is 1. The molecule has 16 heavy (non-hydrogen) atoms. The second-order valence-electron chi connectivity index (χ2n) is 3.74. The summed E-state index contributed by atoms with van der Waals surface area (Å²) in [6.07, 6.45) is 7.07. The Kier molecular flexibility index (Phi) is 2.15. The van der Waals surface area contributed by atoms with Gasteiger partial charge in [-0.3, -0.25) is 0 Å². The van der Waals surface area contributed by atoms with Crippen LogP contribution in [0.15, 0.2) is 24.8 Å². The van der Waals surface area contributed by atoms with Gasteiger partial charge in [0.25, 0.3) is 0 Å². The lowest BCUT2D eigenvalue weighted by atomic mass is 10.2. The van der Waals surface area contributed by atoms with Gasteiger partial charge in [-0.25, -0.2) is 15.0 Å². The molecule has 0 radical (unpaired) electrons. The van der Waals surface area contributed by atoms with Crippen LogP contribution in [0, 0.1) is 0 Å². The Labute approximate surface area is 96.4 Å². The first-order valence-electron chi connectivity index (χ1n) is 4.95. The maximum Gasteiger partial charge on any atom is 0.165 e. The zero-order valence-electron chi connectivity index (χ0n) is 8.29. The van der Waals surface area contributed by atoms with E-state index in [1.807, 2.05) is 10.6 Å². The van der Waals surface area contributed by atoms with Crippen LogP contribution in [-0.4, -0.2) is 30.7 Å². The number of halogens is 1. The summed E-state index contributed by atoms with van der Waals surface area (Å²) in [7, 11) is 0. The van der Waals surface area contributed by atoms with E-state index in [9.17, 15) is 5.11 Å². The number of allylic oxidation sites excluding steroid dienone is 1. The summed E-state index contributed by atoms with van der Waals surface area (Å²) in [4.78, 5) is 12.2. The molecule has 5 nitrogen and oxygen atoms in total. The molecule has 1 aliphatic carbocycles. The summed E-state index contributed by atoms with van der Waals surface area (Å²) in [5.41, 5.74) is 1.29. The SMILES string of the molecule is O[C@H]1C=C[C@H](n2cnc3c(Cl)ncnc32)C1. The van der Waals surface area contributed by atoms with Crippen molar-refractivity contribution in [1.82, 2.24) is 19.5 Å². The number of hydrogen-bond acceptors (Lipinski definition) is 4. The van der Waals surface area contributed by atoms with Crippen LogP contribution in [0.1, 0.15) is 12.5 Å². The molecule has 3 rings (SSSR count).